The van der Waals surface area contributed by atoms with E-state index in [0.29, 0.717) is 11.3 Å². The number of carbonyl (C=O) groups excluding carboxylic acids is 2. The van der Waals surface area contributed by atoms with Crippen LogP contribution in [0.1, 0.15) is 46.5 Å². The predicted octanol–water partition coefficient (Wildman–Crippen LogP) is 2.59. The smallest absolute Gasteiger partial charge is 0.272 e. The Labute approximate surface area is 193 Å². The molecule has 0 aliphatic heterocycles. The molecular weight excluding hydrogens is 448 g/mol. The Kier molecular flexibility index (Phi) is 5.54. The third-order valence-corrected chi connectivity index (χ3v) is 6.42. The molecule has 2 aliphatic rings. The van der Waals surface area contributed by atoms with Gasteiger partial charge in [-0.25, -0.2) is 18.7 Å². The number of nitrogens with zero attached hydrogens (tertiary/aromatic N) is 3. The van der Waals surface area contributed by atoms with E-state index < -0.39 is 18.9 Å². The van der Waals surface area contributed by atoms with Gasteiger partial charge in [-0.3, -0.25) is 14.0 Å². The molecule has 2 aliphatic carbocycles. The third-order valence-electron chi connectivity index (χ3n) is 6.42. The summed E-state index contributed by atoms with van der Waals surface area (Å²) in [6, 6.07) is 6.30. The van der Waals surface area contributed by atoms with Gasteiger partial charge in [-0.2, -0.15) is 0 Å². The van der Waals surface area contributed by atoms with E-state index in [0.717, 1.165) is 25.7 Å². The molecule has 3 aromatic heterocycles. The molecule has 2 amide bonds. The Morgan fingerprint density at radius 2 is 2.03 bits per heavy atom. The zero-order chi connectivity index (χ0) is 23.9. The number of hydrogen-bond acceptors (Lipinski definition) is 6. The van der Waals surface area contributed by atoms with Gasteiger partial charge in [-0.1, -0.05) is 0 Å². The Balaban J connectivity index is 1.13. The number of halogens is 2. The van der Waals surface area contributed by atoms with Crippen molar-refractivity contribution in [2.24, 2.45) is 11.1 Å². The van der Waals surface area contributed by atoms with E-state index in [1.165, 1.54) is 18.3 Å². The van der Waals surface area contributed by atoms with E-state index in [4.69, 9.17) is 15.2 Å². The second-order valence-electron chi connectivity index (χ2n) is 8.88. The quantitative estimate of drug-likeness (QED) is 0.521. The summed E-state index contributed by atoms with van der Waals surface area (Å²) in [6.45, 7) is -0.701. The molecule has 2 fully saturated rings. The minimum absolute atomic E-state index is 0.0371. The number of alkyl halides is 2. The first-order chi connectivity index (χ1) is 16.3. The van der Waals surface area contributed by atoms with Crippen LogP contribution in [-0.4, -0.2) is 51.4 Å². The van der Waals surface area contributed by atoms with Gasteiger partial charge in [-0.15, -0.1) is 0 Å². The van der Waals surface area contributed by atoms with E-state index in [1.54, 1.807) is 28.9 Å². The molecule has 3 N–H and O–H groups in total. The van der Waals surface area contributed by atoms with Gasteiger partial charge in [-0.05, 0) is 49.3 Å². The van der Waals surface area contributed by atoms with Gasteiger partial charge in [0, 0.05) is 24.5 Å². The summed E-state index contributed by atoms with van der Waals surface area (Å²) in [6.07, 6.45) is 5.31. The fraction of sp³-hybridized carbons (Fsp3) is 0.391. The van der Waals surface area contributed by atoms with Gasteiger partial charge in [0.1, 0.15) is 35.4 Å². The van der Waals surface area contributed by atoms with Crippen molar-refractivity contribution < 1.29 is 27.8 Å². The highest BCUT2D eigenvalue weighted by molar-refractivity contribution is 5.95. The van der Waals surface area contributed by atoms with Crippen molar-refractivity contribution in [3.05, 3.63) is 54.1 Å². The molecule has 11 heteroatoms. The summed E-state index contributed by atoms with van der Waals surface area (Å²) in [5.74, 6) is -0.302. The third kappa shape index (κ3) is 4.25. The first-order valence-corrected chi connectivity index (χ1v) is 10.9. The standard InChI is InChI=1S/C23H23F2N5O4/c24-18(25)12-33-14-3-5-30-17(11-28-19(30)6-14)21(32)29-13-7-23(8-13)9-15(10-23)34-22-16(20(26)31)2-1-4-27-22/h1-6,11,13,15,18H,7-10,12H2,(H2,26,31)(H,29,32). The van der Waals surface area contributed by atoms with Crippen LogP contribution in [0.4, 0.5) is 8.78 Å². The first kappa shape index (κ1) is 22.1. The lowest BCUT2D eigenvalue weighted by molar-refractivity contribution is -0.0848. The molecule has 0 atom stereocenters. The number of fused-ring (bicyclic) bond motifs is 1. The predicted molar refractivity (Wildman–Crippen MR) is 116 cm³/mol. The lowest BCUT2D eigenvalue weighted by Gasteiger charge is -2.57. The lowest BCUT2D eigenvalue weighted by atomic mass is 9.53. The summed E-state index contributed by atoms with van der Waals surface area (Å²) in [5.41, 5.74) is 6.56. The second-order valence-corrected chi connectivity index (χ2v) is 8.88. The lowest BCUT2D eigenvalue weighted by Crippen LogP contribution is -2.58. The number of aromatic nitrogens is 3. The maximum atomic E-state index is 12.8. The molecule has 0 aromatic carbocycles. The topological polar surface area (TPSA) is 121 Å². The van der Waals surface area contributed by atoms with Crippen molar-refractivity contribution in [2.45, 2.75) is 44.3 Å². The normalized spacial score (nSPS) is 23.4. The van der Waals surface area contributed by atoms with Crippen molar-refractivity contribution in [2.75, 3.05) is 6.61 Å². The molecule has 3 heterocycles. The number of pyridine rings is 2. The highest BCUT2D eigenvalue weighted by atomic mass is 19.3. The fourth-order valence-corrected chi connectivity index (χ4v) is 4.88. The molecule has 1 spiro atoms. The van der Waals surface area contributed by atoms with Crippen LogP contribution >= 0.6 is 0 Å². The Hall–Kier alpha value is -3.76. The van der Waals surface area contributed by atoms with Crippen LogP contribution in [0.3, 0.4) is 0 Å². The number of ether oxygens (including phenoxy) is 2. The van der Waals surface area contributed by atoms with E-state index in [2.05, 4.69) is 15.3 Å². The SMILES string of the molecule is NC(=O)c1cccnc1OC1CC2(CC(NC(=O)c3cnc4cc(OCC(F)F)ccn34)C2)C1. The molecule has 0 bridgehead atoms. The monoisotopic (exact) mass is 471 g/mol. The molecule has 0 radical (unpaired) electrons. The number of amides is 2. The maximum Gasteiger partial charge on any atom is 0.272 e. The second kappa shape index (κ2) is 8.54. The Morgan fingerprint density at radius 3 is 2.76 bits per heavy atom. The van der Waals surface area contributed by atoms with Crippen molar-refractivity contribution in [1.82, 2.24) is 19.7 Å². The van der Waals surface area contributed by atoms with E-state index >= 15 is 0 Å². The van der Waals surface area contributed by atoms with Gasteiger partial charge in [0.05, 0.1) is 6.20 Å². The Bertz CT molecular complexity index is 1230. The molecule has 34 heavy (non-hydrogen) atoms. The summed E-state index contributed by atoms with van der Waals surface area (Å²) < 4.78 is 37.1. The first-order valence-electron chi connectivity index (χ1n) is 10.9. The molecule has 3 aromatic rings. The molecule has 0 saturated heterocycles. The average molecular weight is 471 g/mol. The summed E-state index contributed by atoms with van der Waals surface area (Å²) in [5, 5.41) is 3.03. The summed E-state index contributed by atoms with van der Waals surface area (Å²) in [4.78, 5) is 32.6. The largest absolute Gasteiger partial charge is 0.487 e. The minimum atomic E-state index is -2.57. The zero-order valence-electron chi connectivity index (χ0n) is 18.1. The molecule has 9 nitrogen and oxygen atoms in total. The highest BCUT2D eigenvalue weighted by Gasteiger charge is 2.54. The van der Waals surface area contributed by atoms with Gasteiger partial charge in [0.15, 0.2) is 0 Å². The number of hydrogen-bond donors (Lipinski definition) is 2. The van der Waals surface area contributed by atoms with Crippen molar-refractivity contribution in [3.8, 4) is 11.6 Å². The van der Waals surface area contributed by atoms with E-state index in [-0.39, 0.29) is 40.7 Å². The average Bonchev–Trinajstić information content (AvgIpc) is 3.18. The Morgan fingerprint density at radius 1 is 1.24 bits per heavy atom. The number of carbonyl (C=O) groups is 2. The van der Waals surface area contributed by atoms with Crippen LogP contribution in [0.15, 0.2) is 42.9 Å². The fourth-order valence-electron chi connectivity index (χ4n) is 4.88. The number of rotatable bonds is 8. The maximum absolute atomic E-state index is 12.8. The molecule has 5 rings (SSSR count). The number of imidazole rings is 1. The van der Waals surface area contributed by atoms with Gasteiger partial charge >= 0.3 is 0 Å². The van der Waals surface area contributed by atoms with Crippen LogP contribution in [0.2, 0.25) is 0 Å². The van der Waals surface area contributed by atoms with Crippen LogP contribution in [-0.2, 0) is 0 Å². The molecular formula is C23H23F2N5O4. The number of primary amides is 1. The van der Waals surface area contributed by atoms with E-state index in [1.807, 2.05) is 0 Å². The van der Waals surface area contributed by atoms with Crippen LogP contribution in [0, 0.1) is 5.41 Å². The van der Waals surface area contributed by atoms with Crippen LogP contribution < -0.4 is 20.5 Å². The van der Waals surface area contributed by atoms with Crippen molar-refractivity contribution in [1.29, 1.82) is 0 Å². The minimum Gasteiger partial charge on any atom is -0.487 e. The summed E-state index contributed by atoms with van der Waals surface area (Å²) in [7, 11) is 0. The van der Waals surface area contributed by atoms with Crippen molar-refractivity contribution >= 4 is 17.5 Å². The summed E-state index contributed by atoms with van der Waals surface area (Å²) >= 11 is 0. The molecule has 0 unspecified atom stereocenters. The van der Waals surface area contributed by atoms with Crippen LogP contribution in [0.5, 0.6) is 11.6 Å². The van der Waals surface area contributed by atoms with Gasteiger partial charge in [0.25, 0.3) is 18.2 Å². The van der Waals surface area contributed by atoms with E-state index in [9.17, 15) is 18.4 Å². The zero-order valence-corrected chi connectivity index (χ0v) is 18.1. The van der Waals surface area contributed by atoms with Crippen molar-refractivity contribution in [3.63, 3.8) is 0 Å². The van der Waals surface area contributed by atoms with Gasteiger partial charge in [0.2, 0.25) is 5.88 Å². The van der Waals surface area contributed by atoms with Gasteiger partial charge < -0.3 is 20.5 Å². The van der Waals surface area contributed by atoms with Crippen LogP contribution in [0.25, 0.3) is 5.65 Å². The highest BCUT2D eigenvalue weighted by Crippen LogP contribution is 2.56. The molecule has 178 valence electrons. The number of nitrogens with one attached hydrogen (secondary N) is 1. The number of nitrogens with two attached hydrogens (primary N) is 1. The molecule has 2 saturated carbocycles.